The van der Waals surface area contributed by atoms with Gasteiger partial charge in [-0.05, 0) is 102 Å². The molecule has 286 valence electrons. The van der Waals surface area contributed by atoms with Crippen molar-refractivity contribution in [2.75, 3.05) is 13.2 Å². The van der Waals surface area contributed by atoms with Crippen LogP contribution in [0.3, 0.4) is 0 Å². The van der Waals surface area contributed by atoms with Crippen LogP contribution in [-0.2, 0) is 30.5 Å². The molecule has 2 unspecified atom stereocenters. The lowest BCUT2D eigenvalue weighted by Crippen LogP contribution is -2.35. The van der Waals surface area contributed by atoms with Crippen molar-refractivity contribution < 1.29 is 24.5 Å². The van der Waals surface area contributed by atoms with Gasteiger partial charge >= 0.3 is 0 Å². The third kappa shape index (κ3) is 8.91. The second kappa shape index (κ2) is 17.1. The number of unbranched alkanes of at least 4 members (excludes halogenated alkanes) is 1. The minimum absolute atomic E-state index is 0.0158. The van der Waals surface area contributed by atoms with Crippen LogP contribution in [0.4, 0.5) is 0 Å². The largest absolute Gasteiger partial charge is 0.508 e. The second-order valence-electron chi connectivity index (χ2n) is 15.6. The number of allylic oxidation sites excluding steroid dienone is 2. The molecule has 1 aromatic heterocycles. The van der Waals surface area contributed by atoms with E-state index in [4.69, 9.17) is 10.5 Å². The van der Waals surface area contributed by atoms with Crippen LogP contribution < -0.4 is 15.8 Å². The van der Waals surface area contributed by atoms with Gasteiger partial charge in [0.25, 0.3) is 0 Å². The molecule has 4 aromatic rings. The van der Waals surface area contributed by atoms with Crippen LogP contribution in [0.15, 0.2) is 72.9 Å². The van der Waals surface area contributed by atoms with Gasteiger partial charge in [0.1, 0.15) is 5.75 Å². The maximum atomic E-state index is 13.9. The van der Waals surface area contributed by atoms with Gasteiger partial charge in [-0.1, -0.05) is 74.8 Å². The monoisotopic (exact) mass is 739 g/mol. The third-order valence-corrected chi connectivity index (χ3v) is 11.8. The number of H-pyrrole nitrogens is 1. The van der Waals surface area contributed by atoms with Gasteiger partial charge in [-0.25, -0.2) is 0 Å². The molecule has 6 N–H and O–H groups in total. The molecule has 2 atom stereocenters. The van der Waals surface area contributed by atoms with Crippen molar-refractivity contribution in [3.8, 4) is 29.1 Å². The Morgan fingerprint density at radius 3 is 2.62 bits per heavy atom. The highest BCUT2D eigenvalue weighted by Crippen LogP contribution is 2.44. The first-order valence-electron chi connectivity index (χ1n) is 20.0. The molecule has 2 heterocycles. The minimum atomic E-state index is -0.451. The van der Waals surface area contributed by atoms with Crippen molar-refractivity contribution in [1.82, 2.24) is 10.3 Å². The Bertz CT molecular complexity index is 2130. The van der Waals surface area contributed by atoms with Crippen LogP contribution in [-0.4, -0.2) is 39.9 Å². The molecule has 1 aliphatic heterocycles. The molecule has 0 radical (unpaired) electrons. The molecule has 1 saturated carbocycles. The number of fused-ring (bicyclic) bond motifs is 3. The summed E-state index contributed by atoms with van der Waals surface area (Å²) in [6.07, 6.45) is 16.7. The van der Waals surface area contributed by atoms with Gasteiger partial charge in [-0.3, -0.25) is 14.9 Å². The number of hydrogen-bond acceptors (Lipinski definition) is 7. The van der Waals surface area contributed by atoms with E-state index in [9.17, 15) is 19.8 Å². The number of benzene rings is 3. The van der Waals surface area contributed by atoms with Crippen molar-refractivity contribution >= 4 is 11.6 Å². The van der Waals surface area contributed by atoms with Gasteiger partial charge in [0, 0.05) is 60.3 Å². The fourth-order valence-electron chi connectivity index (χ4n) is 8.65. The Labute approximate surface area is 324 Å². The van der Waals surface area contributed by atoms with Gasteiger partial charge in [0.05, 0.1) is 19.2 Å². The summed E-state index contributed by atoms with van der Waals surface area (Å²) in [6.45, 7) is 3.25. The van der Waals surface area contributed by atoms with Crippen LogP contribution in [0.25, 0.3) is 0 Å². The maximum absolute atomic E-state index is 13.9. The van der Waals surface area contributed by atoms with Gasteiger partial charge in [-0.2, -0.15) is 0 Å². The average molecular weight is 740 g/mol. The molecule has 0 bridgehead atoms. The van der Waals surface area contributed by atoms with E-state index in [1.807, 2.05) is 42.5 Å². The predicted molar refractivity (Wildman–Crippen MR) is 216 cm³/mol. The molecule has 8 heteroatoms. The molecule has 0 amide bonds. The number of nitrogens with two attached hydrogens (primary N) is 1. The summed E-state index contributed by atoms with van der Waals surface area (Å²) >= 11 is 0. The number of phenolic OH excluding ortho intramolecular Hbond substituents is 2. The summed E-state index contributed by atoms with van der Waals surface area (Å²) in [5.41, 5.74) is 14.4. The normalized spacial score (nSPS) is 18.9. The van der Waals surface area contributed by atoms with Crippen molar-refractivity contribution in [2.24, 2.45) is 11.1 Å². The lowest BCUT2D eigenvalue weighted by Gasteiger charge is -2.28. The molecule has 1 fully saturated rings. The zero-order valence-electron chi connectivity index (χ0n) is 31.9. The van der Waals surface area contributed by atoms with Crippen molar-refractivity contribution in [3.05, 3.63) is 123 Å². The topological polar surface area (TPSA) is 138 Å². The molecule has 55 heavy (non-hydrogen) atoms. The Hall–Kier alpha value is -5.10. The molecule has 8 nitrogen and oxygen atoms in total. The van der Waals surface area contributed by atoms with E-state index in [1.54, 1.807) is 18.3 Å². The fraction of sp³-hybridized carbons (Fsp3) is 0.404. The lowest BCUT2D eigenvalue weighted by atomic mass is 9.79. The number of phenols is 2. The van der Waals surface area contributed by atoms with Crippen LogP contribution in [0.1, 0.15) is 132 Å². The molecule has 3 aliphatic rings. The summed E-state index contributed by atoms with van der Waals surface area (Å²) in [4.78, 5) is 29.9. The number of aromatic hydroxyl groups is 2. The highest BCUT2D eigenvalue weighted by atomic mass is 16.5. The van der Waals surface area contributed by atoms with E-state index in [2.05, 4.69) is 41.2 Å². The molecular formula is C47H53N3O5. The molecule has 3 aromatic carbocycles. The van der Waals surface area contributed by atoms with Gasteiger partial charge in [0.2, 0.25) is 0 Å². The standard InChI is InChI=1S/C47H53N3O5/c1-2-3-19-47(20-4-5-21-47)22-15-35(51)12-9-31-11-14-43(53)45(27-31)55-25-18-32-10-13-42(52)40(26-32)39-30-44(54)36-17-24-49-41(36)8-6-7-33-29-38-34(28-37(33)39)16-23-50-46(38)48/h10-11,13-15,17,22,24,26-29,39,46,49-50,52-53H,2-5,8-9,12,16,18-21,23,25,30,48H2,1H3. The second-order valence-corrected chi connectivity index (χ2v) is 15.6. The van der Waals surface area contributed by atoms with E-state index in [1.165, 1.54) is 38.5 Å². The predicted octanol–water partition coefficient (Wildman–Crippen LogP) is 8.27. The van der Waals surface area contributed by atoms with Crippen LogP contribution in [0.2, 0.25) is 0 Å². The van der Waals surface area contributed by atoms with Crippen molar-refractivity contribution in [2.45, 2.75) is 102 Å². The zero-order valence-corrected chi connectivity index (χ0v) is 31.9. The van der Waals surface area contributed by atoms with Gasteiger partial charge in [-0.15, -0.1) is 0 Å². The Balaban J connectivity index is 1.06. The smallest absolute Gasteiger partial charge is 0.165 e. The number of rotatable bonds is 13. The van der Waals surface area contributed by atoms with Crippen molar-refractivity contribution in [1.29, 1.82) is 0 Å². The summed E-state index contributed by atoms with van der Waals surface area (Å²) in [7, 11) is 0. The zero-order chi connectivity index (χ0) is 38.4. The number of ether oxygens (including phenoxy) is 1. The number of Topliss-reactive ketones (excluding diaryl/α,β-unsaturated/α-hetero) is 1. The first kappa shape index (κ1) is 38.2. The van der Waals surface area contributed by atoms with Crippen molar-refractivity contribution in [3.63, 3.8) is 0 Å². The number of nitrogens with one attached hydrogen (secondary N) is 2. The summed E-state index contributed by atoms with van der Waals surface area (Å²) in [5.74, 6) is 6.82. The summed E-state index contributed by atoms with van der Waals surface area (Å²) in [5, 5.41) is 25.3. The summed E-state index contributed by atoms with van der Waals surface area (Å²) < 4.78 is 6.11. The fourth-order valence-corrected chi connectivity index (χ4v) is 8.65. The molecule has 0 spiro atoms. The van der Waals surface area contributed by atoms with Crippen LogP contribution in [0.5, 0.6) is 17.2 Å². The van der Waals surface area contributed by atoms with E-state index in [0.29, 0.717) is 42.6 Å². The van der Waals surface area contributed by atoms with Gasteiger partial charge in [0.15, 0.2) is 23.1 Å². The third-order valence-electron chi connectivity index (χ3n) is 11.8. The molecule has 7 rings (SSSR count). The number of carbonyl (C=O) groups is 2. The molecular weight excluding hydrogens is 687 g/mol. The first-order chi connectivity index (χ1) is 26.7. The average Bonchev–Trinajstić information content (AvgIpc) is 3.87. The quantitative estimate of drug-likeness (QED) is 0.0688. The van der Waals surface area contributed by atoms with E-state index in [0.717, 1.165) is 58.5 Å². The SMILES string of the molecule is CCCCC1(C=CC(=O)CCc2ccc(O)c(OCCc3ccc(O)c(C4CC(=O)c5cc[nH]c5CC#Cc5cc6c(cc54)CCNC6N)c3)c2)CCCC1. The van der Waals surface area contributed by atoms with Crippen LogP contribution >= 0.6 is 0 Å². The Morgan fingerprint density at radius 1 is 1.00 bits per heavy atom. The number of aryl methyl sites for hydroxylation is 1. The van der Waals surface area contributed by atoms with E-state index < -0.39 is 5.92 Å². The highest BCUT2D eigenvalue weighted by Gasteiger charge is 2.31. The highest BCUT2D eigenvalue weighted by molar-refractivity contribution is 5.98. The molecule has 2 aliphatic carbocycles. The lowest BCUT2D eigenvalue weighted by molar-refractivity contribution is -0.114. The number of carbonyl (C=O) groups excluding carboxylic acids is 2. The number of ketones is 2. The summed E-state index contributed by atoms with van der Waals surface area (Å²) in [6, 6.07) is 16.8. The van der Waals surface area contributed by atoms with Gasteiger partial charge < -0.3 is 25.7 Å². The first-order valence-corrected chi connectivity index (χ1v) is 20.0. The van der Waals surface area contributed by atoms with Crippen LogP contribution in [0, 0.1) is 17.3 Å². The molecule has 0 saturated heterocycles. The number of aromatic nitrogens is 1. The maximum Gasteiger partial charge on any atom is 0.165 e. The van der Waals surface area contributed by atoms with E-state index in [-0.39, 0.29) is 47.7 Å². The number of aromatic amines is 1. The Morgan fingerprint density at radius 2 is 1.80 bits per heavy atom. The Kier molecular flexibility index (Phi) is 11.9. The number of hydrogen-bond donors (Lipinski definition) is 5. The minimum Gasteiger partial charge on any atom is -0.508 e. The van der Waals surface area contributed by atoms with E-state index >= 15 is 0 Å².